The molecule has 9 aromatic carbocycles. The summed E-state index contributed by atoms with van der Waals surface area (Å²) in [6.07, 6.45) is 0. The van der Waals surface area contributed by atoms with Gasteiger partial charge in [0.1, 0.15) is 11.2 Å². The van der Waals surface area contributed by atoms with E-state index in [4.69, 9.17) is 11.3 Å². The van der Waals surface area contributed by atoms with Crippen LogP contribution >= 0.6 is 0 Å². The monoisotopic (exact) mass is 627 g/mol. The second kappa shape index (κ2) is 11.1. The van der Waals surface area contributed by atoms with Crippen LogP contribution in [-0.2, 0) is 0 Å². The molecule has 0 amide bonds. The summed E-state index contributed by atoms with van der Waals surface area (Å²) < 4.78 is 49.2. The standard InChI is InChI=1S/C48H30O/c1-2-14-33(15-3-1)45-38-18-6-8-20-40(38)46(41-21-9-7-19-39(41)45)34-27-25-32(26-28-34)36-29-30-44-48(42-22-10-11-24-43(42)49-44)47(36)37-23-12-16-31-13-4-5-17-35(31)37/h1-30H/i1D,2D,3D,14D,15D. The highest BCUT2D eigenvalue weighted by Gasteiger charge is 2.20. The molecule has 228 valence electrons. The summed E-state index contributed by atoms with van der Waals surface area (Å²) in [5, 5.41) is 8.03. The van der Waals surface area contributed by atoms with Crippen molar-refractivity contribution in [1.29, 1.82) is 0 Å². The molecule has 0 atom stereocenters. The van der Waals surface area contributed by atoms with Gasteiger partial charge in [0, 0.05) is 16.3 Å². The highest BCUT2D eigenvalue weighted by molar-refractivity contribution is 6.22. The molecular weight excluding hydrogens is 593 g/mol. The largest absolute Gasteiger partial charge is 0.456 e. The highest BCUT2D eigenvalue weighted by Crippen LogP contribution is 2.47. The number of fused-ring (bicyclic) bond motifs is 6. The second-order valence-corrected chi connectivity index (χ2v) is 12.4. The van der Waals surface area contributed by atoms with Crippen LogP contribution < -0.4 is 0 Å². The summed E-state index contributed by atoms with van der Waals surface area (Å²) >= 11 is 0. The molecule has 1 heterocycles. The topological polar surface area (TPSA) is 13.1 Å². The van der Waals surface area contributed by atoms with Gasteiger partial charge in [0.15, 0.2) is 0 Å². The Morgan fingerprint density at radius 3 is 1.59 bits per heavy atom. The normalized spacial score (nSPS) is 13.1. The maximum atomic E-state index is 8.88. The molecular formula is C48H30O. The molecule has 0 bridgehead atoms. The zero-order valence-electron chi connectivity index (χ0n) is 31.3. The van der Waals surface area contributed by atoms with Crippen LogP contribution in [0.5, 0.6) is 0 Å². The van der Waals surface area contributed by atoms with Gasteiger partial charge in [0.2, 0.25) is 0 Å². The first-order valence-electron chi connectivity index (χ1n) is 18.9. The molecule has 0 aliphatic heterocycles. The van der Waals surface area contributed by atoms with Crippen LogP contribution in [0.15, 0.2) is 186 Å². The Morgan fingerprint density at radius 2 is 0.898 bits per heavy atom. The fraction of sp³-hybridized carbons (Fsp3) is 0. The number of furan rings is 1. The first-order valence-corrected chi connectivity index (χ1v) is 16.4. The third-order valence-electron chi connectivity index (χ3n) is 9.77. The van der Waals surface area contributed by atoms with Crippen LogP contribution in [0.1, 0.15) is 6.85 Å². The Labute approximate surface area is 291 Å². The van der Waals surface area contributed by atoms with Crippen LogP contribution in [0, 0.1) is 0 Å². The minimum atomic E-state index is -0.400. The Hall–Kier alpha value is -6.44. The van der Waals surface area contributed by atoms with Crippen molar-refractivity contribution in [1.82, 2.24) is 0 Å². The van der Waals surface area contributed by atoms with E-state index in [0.29, 0.717) is 5.56 Å². The highest BCUT2D eigenvalue weighted by atomic mass is 16.3. The van der Waals surface area contributed by atoms with Gasteiger partial charge in [0.05, 0.1) is 6.85 Å². The number of hydrogen-bond acceptors (Lipinski definition) is 1. The first-order chi connectivity index (χ1) is 26.4. The predicted molar refractivity (Wildman–Crippen MR) is 208 cm³/mol. The summed E-state index contributed by atoms with van der Waals surface area (Å²) in [6, 6.07) is 50.5. The van der Waals surface area contributed by atoms with E-state index < -0.39 is 6.04 Å². The van der Waals surface area contributed by atoms with Crippen molar-refractivity contribution < 1.29 is 11.3 Å². The maximum absolute atomic E-state index is 8.88. The minimum absolute atomic E-state index is 0.207. The molecule has 49 heavy (non-hydrogen) atoms. The van der Waals surface area contributed by atoms with Gasteiger partial charge in [0.25, 0.3) is 0 Å². The van der Waals surface area contributed by atoms with E-state index in [1.165, 1.54) is 10.8 Å². The van der Waals surface area contributed by atoms with Crippen molar-refractivity contribution >= 4 is 54.3 Å². The molecule has 0 aliphatic carbocycles. The Balaban J connectivity index is 1.22. The van der Waals surface area contributed by atoms with Gasteiger partial charge in [-0.15, -0.1) is 0 Å². The average Bonchev–Trinajstić information content (AvgIpc) is 3.60. The van der Waals surface area contributed by atoms with Crippen LogP contribution in [-0.4, -0.2) is 0 Å². The zero-order chi connectivity index (χ0) is 36.7. The number of hydrogen-bond donors (Lipinski definition) is 0. The van der Waals surface area contributed by atoms with Crippen molar-refractivity contribution in [2.75, 3.05) is 0 Å². The number of benzene rings is 9. The van der Waals surface area contributed by atoms with Gasteiger partial charge in [-0.25, -0.2) is 0 Å². The molecule has 1 nitrogen and oxygen atoms in total. The lowest BCUT2D eigenvalue weighted by Gasteiger charge is -2.18. The Kier molecular flexibility index (Phi) is 5.20. The minimum Gasteiger partial charge on any atom is -0.456 e. The van der Waals surface area contributed by atoms with Gasteiger partial charge in [-0.3, -0.25) is 0 Å². The van der Waals surface area contributed by atoms with Crippen LogP contribution in [0.3, 0.4) is 0 Å². The fourth-order valence-corrected chi connectivity index (χ4v) is 7.68. The SMILES string of the molecule is [2H]c1c([2H])c([2H])c(-c2c3ccccc3c(-c3ccc(-c4ccc5oc6ccccc6c5c4-c4cccc5ccccc45)cc3)c3ccccc23)c([2H])c1[2H]. The van der Waals surface area contributed by atoms with E-state index in [-0.39, 0.29) is 29.7 Å². The van der Waals surface area contributed by atoms with Crippen molar-refractivity contribution in [3.63, 3.8) is 0 Å². The van der Waals surface area contributed by atoms with E-state index in [0.717, 1.165) is 76.9 Å². The van der Waals surface area contributed by atoms with Crippen molar-refractivity contribution in [3.05, 3.63) is 182 Å². The summed E-state index contributed by atoms with van der Waals surface area (Å²) in [5.74, 6) is 0. The van der Waals surface area contributed by atoms with Gasteiger partial charge >= 0.3 is 0 Å². The molecule has 0 saturated carbocycles. The Morgan fingerprint density at radius 1 is 0.347 bits per heavy atom. The lowest BCUT2D eigenvalue weighted by Crippen LogP contribution is -1.91. The van der Waals surface area contributed by atoms with Gasteiger partial charge < -0.3 is 4.42 Å². The van der Waals surface area contributed by atoms with E-state index in [2.05, 4.69) is 103 Å². The van der Waals surface area contributed by atoms with Gasteiger partial charge in [-0.2, -0.15) is 0 Å². The van der Waals surface area contributed by atoms with E-state index in [1.54, 1.807) is 0 Å². The summed E-state index contributed by atoms with van der Waals surface area (Å²) in [7, 11) is 0. The van der Waals surface area contributed by atoms with E-state index in [9.17, 15) is 0 Å². The molecule has 0 unspecified atom stereocenters. The second-order valence-electron chi connectivity index (χ2n) is 12.4. The molecule has 0 fully saturated rings. The molecule has 0 N–H and O–H groups in total. The first kappa shape index (κ1) is 23.0. The van der Waals surface area contributed by atoms with Crippen LogP contribution in [0.4, 0.5) is 0 Å². The molecule has 0 radical (unpaired) electrons. The van der Waals surface area contributed by atoms with Gasteiger partial charge in [-0.1, -0.05) is 170 Å². The Bertz CT molecular complexity index is 3070. The van der Waals surface area contributed by atoms with Gasteiger partial charge in [-0.05, 0) is 83.4 Å². The van der Waals surface area contributed by atoms with Crippen LogP contribution in [0.2, 0.25) is 0 Å². The molecule has 10 aromatic rings. The third-order valence-corrected chi connectivity index (χ3v) is 9.77. The summed E-state index contributed by atoms with van der Waals surface area (Å²) in [5.41, 5.74) is 9.02. The molecule has 1 aromatic heterocycles. The van der Waals surface area contributed by atoms with Crippen molar-refractivity contribution in [3.8, 4) is 44.5 Å². The van der Waals surface area contributed by atoms with Crippen molar-refractivity contribution in [2.24, 2.45) is 0 Å². The van der Waals surface area contributed by atoms with E-state index >= 15 is 0 Å². The lowest BCUT2D eigenvalue weighted by atomic mass is 9.85. The average molecular weight is 628 g/mol. The zero-order valence-corrected chi connectivity index (χ0v) is 26.3. The maximum Gasteiger partial charge on any atom is 0.136 e. The van der Waals surface area contributed by atoms with E-state index in [1.807, 2.05) is 48.5 Å². The quantitative estimate of drug-likeness (QED) is 0.177. The number of rotatable bonds is 4. The predicted octanol–water partition coefficient (Wildman–Crippen LogP) is 13.7. The molecule has 0 aliphatic rings. The summed E-state index contributed by atoms with van der Waals surface area (Å²) in [4.78, 5) is 0. The van der Waals surface area contributed by atoms with Crippen LogP contribution in [0.25, 0.3) is 98.8 Å². The molecule has 1 heteroatoms. The molecule has 0 spiro atoms. The molecule has 0 saturated heterocycles. The number of para-hydroxylation sites is 1. The molecule has 10 rings (SSSR count). The lowest BCUT2D eigenvalue weighted by molar-refractivity contribution is 0.669. The third kappa shape index (κ3) is 4.33. The van der Waals surface area contributed by atoms with Crippen molar-refractivity contribution in [2.45, 2.75) is 0 Å². The smallest absolute Gasteiger partial charge is 0.136 e. The fourth-order valence-electron chi connectivity index (χ4n) is 7.68. The summed E-state index contributed by atoms with van der Waals surface area (Å²) in [6.45, 7) is 0.